The molecule has 2 rings (SSSR count). The minimum Gasteiger partial charge on any atom is -0.495 e. The fourth-order valence-corrected chi connectivity index (χ4v) is 3.01. The summed E-state index contributed by atoms with van der Waals surface area (Å²) in [5, 5.41) is 5.80. The number of nitrogens with one attached hydrogen (secondary N) is 2. The normalized spacial score (nSPS) is 11.8. The zero-order valence-electron chi connectivity index (χ0n) is 16.4. The van der Waals surface area contributed by atoms with Gasteiger partial charge in [-0.3, -0.25) is 14.5 Å². The molecule has 0 aliphatic carbocycles. The summed E-state index contributed by atoms with van der Waals surface area (Å²) in [6, 6.07) is 14.9. The number of anilines is 1. The summed E-state index contributed by atoms with van der Waals surface area (Å²) in [6.45, 7) is 4.71. The Labute approximate surface area is 174 Å². The van der Waals surface area contributed by atoms with E-state index in [0.29, 0.717) is 18.0 Å². The highest BCUT2D eigenvalue weighted by Gasteiger charge is 2.16. The number of hydrogen-bond acceptors (Lipinski definition) is 4. The van der Waals surface area contributed by atoms with Gasteiger partial charge < -0.3 is 15.4 Å². The van der Waals surface area contributed by atoms with Crippen LogP contribution >= 0.6 is 15.9 Å². The van der Waals surface area contributed by atoms with Crippen LogP contribution in [0.5, 0.6) is 5.75 Å². The van der Waals surface area contributed by atoms with Gasteiger partial charge >= 0.3 is 0 Å². The van der Waals surface area contributed by atoms with Crippen LogP contribution in [-0.2, 0) is 9.59 Å². The second-order valence-corrected chi connectivity index (χ2v) is 7.31. The van der Waals surface area contributed by atoms with Gasteiger partial charge in [-0.25, -0.2) is 0 Å². The molecule has 1 unspecified atom stereocenters. The zero-order chi connectivity index (χ0) is 20.5. The summed E-state index contributed by atoms with van der Waals surface area (Å²) in [5.41, 5.74) is 1.63. The molecule has 150 valence electrons. The number of ether oxygens (including phenoxy) is 1. The first-order chi connectivity index (χ1) is 13.4. The van der Waals surface area contributed by atoms with Crippen molar-refractivity contribution in [1.29, 1.82) is 0 Å². The number of nitrogens with zero attached hydrogens (tertiary/aromatic N) is 1. The van der Waals surface area contributed by atoms with Crippen LogP contribution in [0.2, 0.25) is 0 Å². The number of para-hydroxylation sites is 2. The highest BCUT2D eigenvalue weighted by molar-refractivity contribution is 9.10. The fraction of sp³-hybridized carbons (Fsp3) is 0.333. The molecule has 2 aromatic rings. The van der Waals surface area contributed by atoms with E-state index in [1.165, 1.54) is 0 Å². The lowest BCUT2D eigenvalue weighted by atomic mass is 10.1. The van der Waals surface area contributed by atoms with Gasteiger partial charge in [0.1, 0.15) is 5.75 Å². The van der Waals surface area contributed by atoms with Gasteiger partial charge in [0.25, 0.3) is 0 Å². The number of halogens is 1. The first kappa shape index (κ1) is 21.9. The van der Waals surface area contributed by atoms with E-state index in [2.05, 4.69) is 26.6 Å². The van der Waals surface area contributed by atoms with Crippen LogP contribution in [0.3, 0.4) is 0 Å². The molecule has 0 saturated carbocycles. The molecule has 0 aromatic heterocycles. The van der Waals surface area contributed by atoms with Crippen LogP contribution < -0.4 is 15.4 Å². The van der Waals surface area contributed by atoms with Crippen molar-refractivity contribution in [2.75, 3.05) is 32.1 Å². The molecule has 28 heavy (non-hydrogen) atoms. The Morgan fingerprint density at radius 2 is 1.71 bits per heavy atom. The lowest BCUT2D eigenvalue weighted by molar-refractivity contribution is -0.123. The molecule has 0 heterocycles. The smallest absolute Gasteiger partial charge is 0.238 e. The SMILES string of the molecule is CCN(CC(=O)Nc1ccccc1OC)CC(=O)NC(C)c1ccc(Br)cc1. The topological polar surface area (TPSA) is 70.7 Å². The van der Waals surface area contributed by atoms with Gasteiger partial charge in [-0.05, 0) is 43.3 Å². The Kier molecular flexibility index (Phi) is 8.47. The number of methoxy groups -OCH3 is 1. The molecule has 0 saturated heterocycles. The summed E-state index contributed by atoms with van der Waals surface area (Å²) >= 11 is 3.40. The second kappa shape index (κ2) is 10.8. The van der Waals surface area contributed by atoms with Crippen LogP contribution in [0.1, 0.15) is 25.5 Å². The Balaban J connectivity index is 1.87. The zero-order valence-corrected chi connectivity index (χ0v) is 18.0. The number of rotatable bonds is 9. The Morgan fingerprint density at radius 1 is 1.07 bits per heavy atom. The second-order valence-electron chi connectivity index (χ2n) is 6.39. The third-order valence-corrected chi connectivity index (χ3v) is 4.84. The maximum Gasteiger partial charge on any atom is 0.238 e. The highest BCUT2D eigenvalue weighted by atomic mass is 79.9. The van der Waals surface area contributed by atoms with E-state index < -0.39 is 0 Å². The molecule has 0 aliphatic rings. The first-order valence-electron chi connectivity index (χ1n) is 9.13. The van der Waals surface area contributed by atoms with Gasteiger partial charge in [-0.15, -0.1) is 0 Å². The maximum absolute atomic E-state index is 12.4. The minimum absolute atomic E-state index is 0.110. The summed E-state index contributed by atoms with van der Waals surface area (Å²) < 4.78 is 6.23. The standard InChI is InChI=1S/C21H26BrN3O3/c1-4-25(14-21(27)24-18-7-5-6-8-19(18)28-3)13-20(26)23-15(2)16-9-11-17(22)12-10-16/h5-12,15H,4,13-14H2,1-3H3,(H,23,26)(H,24,27). The van der Waals surface area contributed by atoms with Crippen molar-refractivity contribution in [2.24, 2.45) is 0 Å². The molecular weight excluding hydrogens is 422 g/mol. The van der Waals surface area contributed by atoms with Crippen LogP contribution in [0, 0.1) is 0 Å². The van der Waals surface area contributed by atoms with Gasteiger partial charge in [0, 0.05) is 4.47 Å². The number of benzene rings is 2. The average molecular weight is 448 g/mol. The minimum atomic E-state index is -0.194. The molecule has 7 heteroatoms. The van der Waals surface area contributed by atoms with Crippen molar-refractivity contribution < 1.29 is 14.3 Å². The van der Waals surface area contributed by atoms with Crippen molar-refractivity contribution in [3.63, 3.8) is 0 Å². The van der Waals surface area contributed by atoms with E-state index in [4.69, 9.17) is 4.74 Å². The van der Waals surface area contributed by atoms with Gasteiger partial charge in [-0.1, -0.05) is 47.1 Å². The summed E-state index contributed by atoms with van der Waals surface area (Å²) in [6.07, 6.45) is 0. The maximum atomic E-state index is 12.4. The third kappa shape index (κ3) is 6.65. The van der Waals surface area contributed by atoms with Gasteiger partial charge in [0.05, 0.1) is 31.9 Å². The largest absolute Gasteiger partial charge is 0.495 e. The lowest BCUT2D eigenvalue weighted by Crippen LogP contribution is -2.41. The van der Waals surface area contributed by atoms with Crippen molar-refractivity contribution in [1.82, 2.24) is 10.2 Å². The number of carbonyl (C=O) groups is 2. The summed E-state index contributed by atoms with van der Waals surface area (Å²) in [5.74, 6) is 0.280. The van der Waals surface area contributed by atoms with E-state index >= 15 is 0 Å². The number of amides is 2. The van der Waals surface area contributed by atoms with Crippen molar-refractivity contribution >= 4 is 33.4 Å². The molecular formula is C21H26BrN3O3. The number of hydrogen-bond donors (Lipinski definition) is 2. The van der Waals surface area contributed by atoms with E-state index in [1.54, 1.807) is 24.1 Å². The average Bonchev–Trinajstić information content (AvgIpc) is 2.68. The third-order valence-electron chi connectivity index (χ3n) is 4.31. The van der Waals surface area contributed by atoms with E-state index in [-0.39, 0.29) is 30.9 Å². The molecule has 0 bridgehead atoms. The monoisotopic (exact) mass is 447 g/mol. The van der Waals surface area contributed by atoms with Crippen LogP contribution in [0.15, 0.2) is 53.0 Å². The quantitative estimate of drug-likeness (QED) is 0.615. The molecule has 2 amide bonds. The molecule has 6 nitrogen and oxygen atoms in total. The molecule has 2 aromatic carbocycles. The van der Waals surface area contributed by atoms with Crippen LogP contribution in [0.4, 0.5) is 5.69 Å². The summed E-state index contributed by atoms with van der Waals surface area (Å²) in [7, 11) is 1.56. The van der Waals surface area contributed by atoms with E-state index in [1.807, 2.05) is 50.2 Å². The van der Waals surface area contributed by atoms with Crippen molar-refractivity contribution in [2.45, 2.75) is 19.9 Å². The molecule has 0 radical (unpaired) electrons. The van der Waals surface area contributed by atoms with Crippen molar-refractivity contribution in [3.8, 4) is 5.75 Å². The summed E-state index contributed by atoms with van der Waals surface area (Å²) in [4.78, 5) is 26.5. The predicted octanol–water partition coefficient (Wildman–Crippen LogP) is 3.60. The molecule has 0 spiro atoms. The Morgan fingerprint density at radius 3 is 2.36 bits per heavy atom. The van der Waals surface area contributed by atoms with E-state index in [0.717, 1.165) is 10.0 Å². The van der Waals surface area contributed by atoms with Crippen LogP contribution in [0.25, 0.3) is 0 Å². The van der Waals surface area contributed by atoms with Gasteiger partial charge in [-0.2, -0.15) is 0 Å². The molecule has 2 N–H and O–H groups in total. The first-order valence-corrected chi connectivity index (χ1v) is 9.92. The van der Waals surface area contributed by atoms with E-state index in [9.17, 15) is 9.59 Å². The highest BCUT2D eigenvalue weighted by Crippen LogP contribution is 2.22. The number of likely N-dealkylation sites (N-methyl/N-ethyl adjacent to an activating group) is 1. The molecule has 0 fully saturated rings. The lowest BCUT2D eigenvalue weighted by Gasteiger charge is -2.21. The Hall–Kier alpha value is -2.38. The predicted molar refractivity (Wildman–Crippen MR) is 114 cm³/mol. The van der Waals surface area contributed by atoms with Gasteiger partial charge in [0.15, 0.2) is 0 Å². The van der Waals surface area contributed by atoms with Crippen molar-refractivity contribution in [3.05, 3.63) is 58.6 Å². The molecule has 0 aliphatic heterocycles. The van der Waals surface area contributed by atoms with Crippen LogP contribution in [-0.4, -0.2) is 43.5 Å². The molecule has 1 atom stereocenters. The number of carbonyl (C=O) groups excluding carboxylic acids is 2. The Bertz CT molecular complexity index is 796. The van der Waals surface area contributed by atoms with Gasteiger partial charge in [0.2, 0.25) is 11.8 Å². The fourth-order valence-electron chi connectivity index (χ4n) is 2.75.